The average Bonchev–Trinajstić information content (AvgIpc) is 2.18. The van der Waals surface area contributed by atoms with Gasteiger partial charge in [-0.1, -0.05) is 6.07 Å². The summed E-state index contributed by atoms with van der Waals surface area (Å²) in [5.74, 6) is 0.128. The predicted octanol–water partition coefficient (Wildman–Crippen LogP) is 0.545. The molecule has 0 spiro atoms. The molecule has 1 aromatic carbocycles. The van der Waals surface area contributed by atoms with Crippen molar-refractivity contribution in [2.75, 3.05) is 18.8 Å². The Kier molecular flexibility index (Phi) is 2.54. The second-order valence-electron chi connectivity index (χ2n) is 4.08. The van der Waals surface area contributed by atoms with Crippen molar-refractivity contribution >= 4 is 5.69 Å². The lowest BCUT2D eigenvalue weighted by Crippen LogP contribution is -2.43. The lowest BCUT2D eigenvalue weighted by Gasteiger charge is -2.33. The number of anilines is 1. The van der Waals surface area contributed by atoms with Gasteiger partial charge in [0.25, 0.3) is 0 Å². The number of hydrogen-bond acceptors (Lipinski definition) is 4. The number of hydrogen-bond donors (Lipinski definition) is 4. The Hall–Kier alpha value is -1.26. The third-order valence-electron chi connectivity index (χ3n) is 2.90. The lowest BCUT2D eigenvalue weighted by atomic mass is 9.85. The molecule has 0 amide bonds. The predicted molar refractivity (Wildman–Crippen MR) is 58.5 cm³/mol. The molecule has 1 aliphatic rings. The van der Waals surface area contributed by atoms with Crippen LogP contribution in [0.1, 0.15) is 18.4 Å². The Morgan fingerprint density at radius 2 is 2.20 bits per heavy atom. The Balaban J connectivity index is 2.35. The molecule has 2 rings (SSSR count). The minimum absolute atomic E-state index is 0.128. The maximum atomic E-state index is 10.4. The molecule has 0 bridgehead atoms. The first-order valence-corrected chi connectivity index (χ1v) is 5.14. The van der Waals surface area contributed by atoms with Gasteiger partial charge in [0.15, 0.2) is 0 Å². The summed E-state index contributed by atoms with van der Waals surface area (Å²) >= 11 is 0. The van der Waals surface area contributed by atoms with E-state index in [1.165, 1.54) is 6.07 Å². The number of piperidine rings is 1. The fourth-order valence-electron chi connectivity index (χ4n) is 2.09. The van der Waals surface area contributed by atoms with Crippen LogP contribution in [0.15, 0.2) is 18.2 Å². The van der Waals surface area contributed by atoms with Crippen LogP contribution >= 0.6 is 0 Å². The van der Waals surface area contributed by atoms with Crippen LogP contribution in [-0.2, 0) is 5.60 Å². The van der Waals surface area contributed by atoms with Crippen LogP contribution in [0.5, 0.6) is 5.75 Å². The number of aliphatic hydroxyl groups is 1. The Bertz CT molecular complexity index is 360. The summed E-state index contributed by atoms with van der Waals surface area (Å²) in [7, 11) is 0. The molecule has 1 unspecified atom stereocenters. The summed E-state index contributed by atoms with van der Waals surface area (Å²) in [6.45, 7) is 1.45. The maximum Gasteiger partial charge on any atom is 0.117 e. The average molecular weight is 208 g/mol. The molecule has 1 atom stereocenters. The van der Waals surface area contributed by atoms with E-state index in [1.807, 2.05) is 0 Å². The van der Waals surface area contributed by atoms with Crippen molar-refractivity contribution in [1.82, 2.24) is 5.32 Å². The van der Waals surface area contributed by atoms with E-state index in [0.717, 1.165) is 13.0 Å². The van der Waals surface area contributed by atoms with Gasteiger partial charge in [-0.2, -0.15) is 0 Å². The molecule has 1 saturated heterocycles. The molecular formula is C11H16N2O2. The van der Waals surface area contributed by atoms with Gasteiger partial charge in [-0.05, 0) is 25.5 Å². The normalized spacial score (nSPS) is 26.5. The Morgan fingerprint density at radius 1 is 1.40 bits per heavy atom. The molecule has 15 heavy (non-hydrogen) atoms. The highest BCUT2D eigenvalue weighted by Crippen LogP contribution is 2.33. The molecule has 4 nitrogen and oxygen atoms in total. The number of phenols is 1. The monoisotopic (exact) mass is 208 g/mol. The third kappa shape index (κ3) is 1.91. The molecule has 4 heteroatoms. The van der Waals surface area contributed by atoms with Crippen LogP contribution in [0.25, 0.3) is 0 Å². The van der Waals surface area contributed by atoms with Gasteiger partial charge >= 0.3 is 0 Å². The summed E-state index contributed by atoms with van der Waals surface area (Å²) in [4.78, 5) is 0. The zero-order chi connectivity index (χ0) is 10.9. The molecule has 1 heterocycles. The van der Waals surface area contributed by atoms with Crippen LogP contribution in [0.2, 0.25) is 0 Å². The molecule has 0 saturated carbocycles. The lowest BCUT2D eigenvalue weighted by molar-refractivity contribution is 0.0130. The van der Waals surface area contributed by atoms with Crippen molar-refractivity contribution in [2.45, 2.75) is 18.4 Å². The minimum atomic E-state index is -0.893. The summed E-state index contributed by atoms with van der Waals surface area (Å²) in [6, 6.07) is 4.72. The van der Waals surface area contributed by atoms with Crippen LogP contribution < -0.4 is 11.1 Å². The molecular weight excluding hydrogens is 192 g/mol. The Morgan fingerprint density at radius 3 is 2.80 bits per heavy atom. The van der Waals surface area contributed by atoms with Crippen molar-refractivity contribution in [2.24, 2.45) is 0 Å². The quantitative estimate of drug-likeness (QED) is 0.508. The largest absolute Gasteiger partial charge is 0.508 e. The van der Waals surface area contributed by atoms with E-state index in [9.17, 15) is 10.2 Å². The number of benzene rings is 1. The number of β-amino-alcohol motifs (C(OH)–C–C–N with tert-alkyl or cyclic N) is 1. The van der Waals surface area contributed by atoms with Crippen LogP contribution in [0.3, 0.4) is 0 Å². The van der Waals surface area contributed by atoms with Gasteiger partial charge in [-0.3, -0.25) is 0 Å². The van der Waals surface area contributed by atoms with E-state index in [4.69, 9.17) is 5.73 Å². The smallest absolute Gasteiger partial charge is 0.117 e. The molecule has 0 aliphatic carbocycles. The van der Waals surface area contributed by atoms with Gasteiger partial charge in [0.05, 0.1) is 0 Å². The number of aromatic hydroxyl groups is 1. The van der Waals surface area contributed by atoms with Crippen molar-refractivity contribution in [3.63, 3.8) is 0 Å². The van der Waals surface area contributed by atoms with E-state index in [1.54, 1.807) is 12.1 Å². The first-order valence-electron chi connectivity index (χ1n) is 5.14. The minimum Gasteiger partial charge on any atom is -0.508 e. The van der Waals surface area contributed by atoms with E-state index in [-0.39, 0.29) is 5.75 Å². The van der Waals surface area contributed by atoms with Gasteiger partial charge in [-0.15, -0.1) is 0 Å². The first kappa shape index (κ1) is 10.3. The standard InChI is InChI=1S/C11H16N2O2/c12-10-6-8(14)2-3-9(10)11(15)4-1-5-13-7-11/h2-3,6,13-15H,1,4-5,7,12H2. The van der Waals surface area contributed by atoms with E-state index >= 15 is 0 Å². The molecule has 1 aromatic rings. The highest BCUT2D eigenvalue weighted by molar-refractivity contribution is 5.53. The molecule has 0 radical (unpaired) electrons. The van der Waals surface area contributed by atoms with E-state index in [2.05, 4.69) is 5.32 Å². The second-order valence-corrected chi connectivity index (χ2v) is 4.08. The second kappa shape index (κ2) is 3.72. The molecule has 0 aromatic heterocycles. The van der Waals surface area contributed by atoms with Crippen LogP contribution in [0, 0.1) is 0 Å². The maximum absolute atomic E-state index is 10.4. The highest BCUT2D eigenvalue weighted by atomic mass is 16.3. The summed E-state index contributed by atoms with van der Waals surface area (Å²) < 4.78 is 0. The van der Waals surface area contributed by atoms with Crippen molar-refractivity contribution in [3.05, 3.63) is 23.8 Å². The van der Waals surface area contributed by atoms with Crippen LogP contribution in [0.4, 0.5) is 5.69 Å². The van der Waals surface area contributed by atoms with E-state index < -0.39 is 5.60 Å². The molecule has 1 aliphatic heterocycles. The number of phenolic OH excluding ortho intramolecular Hbond substituents is 1. The summed E-state index contributed by atoms with van der Waals surface area (Å²) in [5, 5.41) is 22.8. The van der Waals surface area contributed by atoms with Gasteiger partial charge in [0.2, 0.25) is 0 Å². The highest BCUT2D eigenvalue weighted by Gasteiger charge is 2.32. The van der Waals surface area contributed by atoms with Crippen molar-refractivity contribution in [3.8, 4) is 5.75 Å². The van der Waals surface area contributed by atoms with Crippen LogP contribution in [-0.4, -0.2) is 23.3 Å². The third-order valence-corrected chi connectivity index (χ3v) is 2.90. The number of nitrogen functional groups attached to an aromatic ring is 1. The summed E-state index contributed by atoms with van der Waals surface area (Å²) in [6.07, 6.45) is 1.63. The van der Waals surface area contributed by atoms with Crippen molar-refractivity contribution < 1.29 is 10.2 Å². The zero-order valence-electron chi connectivity index (χ0n) is 8.53. The molecule has 1 fully saturated rings. The SMILES string of the molecule is Nc1cc(O)ccc1C1(O)CCCNC1. The molecule has 82 valence electrons. The topological polar surface area (TPSA) is 78.5 Å². The summed E-state index contributed by atoms with van der Waals surface area (Å²) in [5.41, 5.74) is 6.04. The number of rotatable bonds is 1. The van der Waals surface area contributed by atoms with E-state index in [0.29, 0.717) is 24.2 Å². The fraction of sp³-hybridized carbons (Fsp3) is 0.455. The van der Waals surface area contributed by atoms with Gasteiger partial charge < -0.3 is 21.3 Å². The number of nitrogens with one attached hydrogen (secondary N) is 1. The van der Waals surface area contributed by atoms with Gasteiger partial charge in [-0.25, -0.2) is 0 Å². The Labute approximate surface area is 88.7 Å². The number of nitrogens with two attached hydrogens (primary N) is 1. The first-order chi connectivity index (χ1) is 7.12. The zero-order valence-corrected chi connectivity index (χ0v) is 8.53. The van der Waals surface area contributed by atoms with Gasteiger partial charge in [0.1, 0.15) is 11.4 Å². The fourth-order valence-corrected chi connectivity index (χ4v) is 2.09. The molecule has 5 N–H and O–H groups in total. The van der Waals surface area contributed by atoms with Crippen molar-refractivity contribution in [1.29, 1.82) is 0 Å². The van der Waals surface area contributed by atoms with Gasteiger partial charge in [0, 0.05) is 23.9 Å².